The van der Waals surface area contributed by atoms with Crippen LogP contribution in [0.15, 0.2) is 59.6 Å². The lowest BCUT2D eigenvalue weighted by molar-refractivity contribution is -0.142. The molecule has 1 aliphatic rings. The minimum absolute atomic E-state index is 0.0339. The number of nitrogens with zero attached hydrogens (tertiary/aromatic N) is 1. The van der Waals surface area contributed by atoms with Gasteiger partial charge in [-0.25, -0.2) is 4.79 Å². The van der Waals surface area contributed by atoms with Crippen molar-refractivity contribution in [3.63, 3.8) is 0 Å². The molecule has 9 amide bonds. The van der Waals surface area contributed by atoms with Gasteiger partial charge in [-0.3, -0.25) is 57.7 Å². The number of amides is 9. The van der Waals surface area contributed by atoms with Crippen LogP contribution in [0.5, 0.6) is 5.75 Å². The van der Waals surface area contributed by atoms with Gasteiger partial charge >= 0.3 is 17.9 Å². The number of hydrogen-bond acceptors (Lipinski definition) is 15. The summed E-state index contributed by atoms with van der Waals surface area (Å²) < 4.78 is 0. The number of aliphatic imine (C=N–C) groups is 1. The summed E-state index contributed by atoms with van der Waals surface area (Å²) in [5.41, 5.74) is 17.2. The van der Waals surface area contributed by atoms with E-state index >= 15 is 0 Å². The summed E-state index contributed by atoms with van der Waals surface area (Å²) >= 11 is 0. The highest BCUT2D eigenvalue weighted by Crippen LogP contribution is 2.13. The van der Waals surface area contributed by atoms with Gasteiger partial charge in [0.25, 0.3) is 0 Å². The predicted molar refractivity (Wildman–Crippen MR) is 266 cm³/mol. The Morgan fingerprint density at radius 1 is 0.618 bits per heavy atom. The van der Waals surface area contributed by atoms with Gasteiger partial charge < -0.3 is 85.5 Å². The molecule has 1 saturated heterocycles. The maximum absolute atomic E-state index is 14.1. The second kappa shape index (κ2) is 31.0. The van der Waals surface area contributed by atoms with Crippen molar-refractivity contribution in [3.8, 4) is 5.75 Å². The van der Waals surface area contributed by atoms with Gasteiger partial charge in [-0.1, -0.05) is 42.5 Å². The van der Waals surface area contributed by atoms with Crippen molar-refractivity contribution in [2.75, 3.05) is 19.6 Å². The van der Waals surface area contributed by atoms with Crippen molar-refractivity contribution >= 4 is 77.0 Å². The van der Waals surface area contributed by atoms with Gasteiger partial charge in [-0.05, 0) is 68.8 Å². The molecule has 2 aromatic rings. The molecule has 0 unspecified atom stereocenters. The topological polar surface area (TPSA) is 484 Å². The van der Waals surface area contributed by atoms with Crippen LogP contribution in [-0.2, 0) is 70.4 Å². The molecule has 1 aliphatic heterocycles. The van der Waals surface area contributed by atoms with Crippen molar-refractivity contribution in [1.82, 2.24) is 47.9 Å². The van der Waals surface area contributed by atoms with Gasteiger partial charge in [-0.15, -0.1) is 0 Å². The molecule has 0 spiro atoms. The third-order valence-electron chi connectivity index (χ3n) is 11.4. The molecule has 8 atom stereocenters. The van der Waals surface area contributed by atoms with Gasteiger partial charge in [0.2, 0.25) is 53.2 Å². The summed E-state index contributed by atoms with van der Waals surface area (Å²) in [5, 5.41) is 59.8. The number of phenols is 1. The monoisotopic (exact) mass is 1070 g/mol. The number of carbonyl (C=O) groups is 12. The van der Waals surface area contributed by atoms with E-state index in [1.165, 1.54) is 24.3 Å². The Bertz CT molecular complexity index is 2430. The number of guanidine groups is 1. The summed E-state index contributed by atoms with van der Waals surface area (Å²) in [4.78, 5) is 159. The average molecular weight is 1070 g/mol. The van der Waals surface area contributed by atoms with Crippen LogP contribution in [0.25, 0.3) is 0 Å². The third-order valence-corrected chi connectivity index (χ3v) is 11.4. The number of aliphatic carboxylic acids is 3. The lowest BCUT2D eigenvalue weighted by Gasteiger charge is -2.26. The lowest BCUT2D eigenvalue weighted by Crippen LogP contribution is -2.59. The minimum Gasteiger partial charge on any atom is -0.508 e. The fourth-order valence-corrected chi connectivity index (χ4v) is 7.44. The van der Waals surface area contributed by atoms with E-state index in [4.69, 9.17) is 17.2 Å². The van der Waals surface area contributed by atoms with Crippen LogP contribution in [0.1, 0.15) is 69.4 Å². The largest absolute Gasteiger partial charge is 0.508 e. The Labute approximate surface area is 434 Å². The second-order valence-corrected chi connectivity index (χ2v) is 17.6. The van der Waals surface area contributed by atoms with Crippen LogP contribution in [0.3, 0.4) is 0 Å². The Morgan fingerprint density at radius 3 is 1.74 bits per heavy atom. The van der Waals surface area contributed by atoms with Crippen LogP contribution in [-0.4, -0.2) is 165 Å². The Balaban J connectivity index is 1.76. The second-order valence-electron chi connectivity index (χ2n) is 17.6. The quantitative estimate of drug-likeness (QED) is 0.0185. The van der Waals surface area contributed by atoms with Gasteiger partial charge in [0, 0.05) is 25.8 Å². The molecular weight excluding hydrogens is 1000 g/mol. The molecule has 0 aliphatic carbocycles. The molecule has 1 fully saturated rings. The van der Waals surface area contributed by atoms with E-state index < -0.39 is 152 Å². The van der Waals surface area contributed by atoms with Gasteiger partial charge in [-0.2, -0.15) is 0 Å². The molecule has 29 nitrogen and oxygen atoms in total. The van der Waals surface area contributed by atoms with Crippen molar-refractivity contribution in [3.05, 3.63) is 65.7 Å². The maximum atomic E-state index is 14.1. The Hall–Kier alpha value is -8.89. The summed E-state index contributed by atoms with van der Waals surface area (Å²) in [6.45, 7) is 0.730. The SMILES string of the molecule is C[C@H](NC(=O)[C@H](CCC(=O)O)NC(=O)[C@H](CC(=O)O)NC(=O)CNC(=O)[C@H](CCCN=C(N)N)NC(=O)[C@H](Cc1ccccc1)NC(=O)[C@H](CC(N)=O)NC(=O)[C@@H]1CCCN1)C(=O)N[C@@H](Cc1ccc(O)cc1)C(=O)O. The van der Waals surface area contributed by atoms with E-state index in [0.717, 1.165) is 6.92 Å². The van der Waals surface area contributed by atoms with E-state index in [1.807, 2.05) is 0 Å². The summed E-state index contributed by atoms with van der Waals surface area (Å²) in [6, 6.07) is 2.00. The fraction of sp³-hybridized carbons (Fsp3) is 0.468. The predicted octanol–water partition coefficient (Wildman–Crippen LogP) is -5.19. The van der Waals surface area contributed by atoms with Crippen molar-refractivity contribution in [1.29, 1.82) is 0 Å². The standard InChI is InChI=1S/C47H65N13O16/c1-24(39(68)60-34(46(75)76)20-26-11-13-27(61)14-12-26)54-42(71)30(15-16-37(64)65)57-45(74)33(22-38(66)67)55-36(63)23-53-40(69)29(10-6-18-52-47(49)50)56-43(72)31(19-25-7-3-2-4-8-25)58-44(73)32(21-35(48)62)59-41(70)28-9-5-17-51-28/h2-4,7-8,11-14,24,28-34,51,61H,5-6,9-10,15-23H2,1H3,(H2,48,62)(H,53,69)(H,54,71)(H,55,63)(H,56,72)(H,57,74)(H,58,73)(H,59,70)(H,60,68)(H,64,65)(H,66,67)(H,75,76)(H4,49,50,52)/t24-,28-,29-,30-,31-,32-,33-,34-/m0/s1. The molecule has 29 heteroatoms. The number of rotatable bonds is 32. The number of primary amides is 1. The molecular formula is C47H65N13O16. The highest BCUT2D eigenvalue weighted by molar-refractivity contribution is 5.99. The number of nitrogens with two attached hydrogens (primary N) is 3. The zero-order valence-electron chi connectivity index (χ0n) is 41.4. The number of carbonyl (C=O) groups excluding carboxylic acids is 9. The third kappa shape index (κ3) is 22.5. The molecule has 0 radical (unpaired) electrons. The molecule has 76 heavy (non-hydrogen) atoms. The van der Waals surface area contributed by atoms with Crippen molar-refractivity contribution in [2.45, 2.75) is 119 Å². The summed E-state index contributed by atoms with van der Waals surface area (Å²) in [6.07, 6.45) is -2.42. The molecule has 414 valence electrons. The van der Waals surface area contributed by atoms with Crippen LogP contribution in [0.4, 0.5) is 0 Å². The van der Waals surface area contributed by atoms with Crippen LogP contribution in [0.2, 0.25) is 0 Å². The zero-order chi connectivity index (χ0) is 56.5. The highest BCUT2D eigenvalue weighted by Gasteiger charge is 2.34. The van der Waals surface area contributed by atoms with Gasteiger partial charge in [0.1, 0.15) is 48.0 Å². The van der Waals surface area contributed by atoms with Crippen molar-refractivity contribution in [2.24, 2.45) is 22.2 Å². The minimum atomic E-state index is -1.96. The molecule has 1 heterocycles. The zero-order valence-corrected chi connectivity index (χ0v) is 41.4. The Morgan fingerprint density at radius 2 is 1.17 bits per heavy atom. The number of hydrogen-bond donors (Lipinski definition) is 16. The molecule has 2 aromatic carbocycles. The lowest BCUT2D eigenvalue weighted by atomic mass is 10.0. The number of carboxylic acid groups (broad SMARTS) is 3. The number of benzene rings is 2. The average Bonchev–Trinajstić information content (AvgIpc) is 3.90. The number of aromatic hydroxyl groups is 1. The fourth-order valence-electron chi connectivity index (χ4n) is 7.44. The van der Waals surface area contributed by atoms with E-state index in [0.29, 0.717) is 30.5 Å². The summed E-state index contributed by atoms with van der Waals surface area (Å²) in [7, 11) is 0. The molecule has 0 bridgehead atoms. The van der Waals surface area contributed by atoms with E-state index in [1.54, 1.807) is 30.3 Å². The van der Waals surface area contributed by atoms with E-state index in [2.05, 4.69) is 52.8 Å². The molecule has 0 aromatic heterocycles. The first-order valence-electron chi connectivity index (χ1n) is 23.9. The van der Waals surface area contributed by atoms with E-state index in [9.17, 15) is 78.0 Å². The normalized spacial score (nSPS) is 15.5. The van der Waals surface area contributed by atoms with Gasteiger partial charge in [0.15, 0.2) is 5.96 Å². The molecule has 0 saturated carbocycles. The molecule has 19 N–H and O–H groups in total. The first kappa shape index (κ1) is 61.4. The van der Waals surface area contributed by atoms with Crippen LogP contribution >= 0.6 is 0 Å². The maximum Gasteiger partial charge on any atom is 0.326 e. The molecule has 3 rings (SSSR count). The van der Waals surface area contributed by atoms with E-state index in [-0.39, 0.29) is 43.9 Å². The smallest absolute Gasteiger partial charge is 0.326 e. The number of phenolic OH excluding ortho intramolecular Hbond substituents is 1. The summed E-state index contributed by atoms with van der Waals surface area (Å²) in [5.74, 6) is -13.9. The first-order valence-corrected chi connectivity index (χ1v) is 23.9. The first-order chi connectivity index (χ1) is 35.9. The number of carboxylic acids is 3. The Kier molecular flexibility index (Phi) is 25.0. The van der Waals surface area contributed by atoms with Crippen LogP contribution < -0.4 is 65.1 Å². The highest BCUT2D eigenvalue weighted by atomic mass is 16.4. The number of nitrogens with one attached hydrogen (secondary N) is 9. The van der Waals surface area contributed by atoms with Gasteiger partial charge in [0.05, 0.1) is 25.4 Å². The van der Waals surface area contributed by atoms with Crippen LogP contribution in [0, 0.1) is 0 Å². The van der Waals surface area contributed by atoms with Crippen molar-refractivity contribution < 1.29 is 78.0 Å².